The maximum absolute atomic E-state index is 5.37. The van der Waals surface area contributed by atoms with Crippen molar-refractivity contribution < 1.29 is 4.74 Å². The summed E-state index contributed by atoms with van der Waals surface area (Å²) in [7, 11) is 0. The average molecular weight is 197 g/mol. The number of nitrogens with one attached hydrogen (secondary N) is 1. The molecule has 0 saturated carbocycles. The van der Waals surface area contributed by atoms with Gasteiger partial charge in [0.05, 0.1) is 6.61 Å². The summed E-state index contributed by atoms with van der Waals surface area (Å²) >= 11 is 0. The molecule has 0 amide bonds. The van der Waals surface area contributed by atoms with Crippen molar-refractivity contribution in [3.8, 4) is 0 Å². The van der Waals surface area contributed by atoms with E-state index in [0.717, 1.165) is 26.2 Å². The Balaban J connectivity index is 2.15. The standard InChI is InChI=1S/C12H23NO/c1-10(2)13-7-4-5-11(3)12-6-8-14-9-12/h5,10,12-13H,4,6-9H2,1-3H3. The quantitative estimate of drug-likeness (QED) is 0.539. The molecule has 1 aliphatic heterocycles. The van der Waals surface area contributed by atoms with Gasteiger partial charge in [0, 0.05) is 18.6 Å². The van der Waals surface area contributed by atoms with Gasteiger partial charge < -0.3 is 10.1 Å². The normalized spacial score (nSPS) is 23.4. The van der Waals surface area contributed by atoms with Gasteiger partial charge in [0.25, 0.3) is 0 Å². The van der Waals surface area contributed by atoms with Crippen molar-refractivity contribution in [2.75, 3.05) is 19.8 Å². The van der Waals surface area contributed by atoms with Crippen LogP contribution in [0.1, 0.15) is 33.6 Å². The summed E-state index contributed by atoms with van der Waals surface area (Å²) in [5, 5.41) is 3.42. The molecule has 1 heterocycles. The zero-order valence-electron chi connectivity index (χ0n) is 9.68. The van der Waals surface area contributed by atoms with Crippen LogP contribution in [-0.4, -0.2) is 25.8 Å². The lowest BCUT2D eigenvalue weighted by Crippen LogP contribution is -2.23. The summed E-state index contributed by atoms with van der Waals surface area (Å²) < 4.78 is 5.37. The maximum Gasteiger partial charge on any atom is 0.0532 e. The molecule has 0 aliphatic carbocycles. The van der Waals surface area contributed by atoms with E-state index in [-0.39, 0.29) is 0 Å². The van der Waals surface area contributed by atoms with E-state index in [1.165, 1.54) is 12.0 Å². The molecule has 14 heavy (non-hydrogen) atoms. The Morgan fingerprint density at radius 1 is 1.57 bits per heavy atom. The van der Waals surface area contributed by atoms with Crippen LogP contribution in [-0.2, 0) is 4.74 Å². The largest absolute Gasteiger partial charge is 0.381 e. The van der Waals surface area contributed by atoms with Gasteiger partial charge in [-0.2, -0.15) is 0 Å². The van der Waals surface area contributed by atoms with Crippen LogP contribution in [0.2, 0.25) is 0 Å². The molecule has 1 saturated heterocycles. The molecular formula is C12H23NO. The highest BCUT2D eigenvalue weighted by Gasteiger charge is 2.16. The molecule has 82 valence electrons. The predicted molar refractivity (Wildman–Crippen MR) is 60.4 cm³/mol. The minimum atomic E-state index is 0.596. The van der Waals surface area contributed by atoms with Crippen molar-refractivity contribution in [2.24, 2.45) is 5.92 Å². The number of hydrogen-bond donors (Lipinski definition) is 1. The molecular weight excluding hydrogens is 174 g/mol. The molecule has 2 heteroatoms. The summed E-state index contributed by atoms with van der Waals surface area (Å²) in [5.41, 5.74) is 1.51. The highest BCUT2D eigenvalue weighted by atomic mass is 16.5. The van der Waals surface area contributed by atoms with E-state index < -0.39 is 0 Å². The molecule has 0 bridgehead atoms. The van der Waals surface area contributed by atoms with E-state index in [0.29, 0.717) is 12.0 Å². The van der Waals surface area contributed by atoms with Crippen LogP contribution in [0.3, 0.4) is 0 Å². The fourth-order valence-electron chi connectivity index (χ4n) is 1.73. The minimum absolute atomic E-state index is 0.596. The molecule has 1 fully saturated rings. The summed E-state index contributed by atoms with van der Waals surface area (Å²) in [4.78, 5) is 0. The van der Waals surface area contributed by atoms with E-state index in [1.54, 1.807) is 0 Å². The first-order valence-corrected chi connectivity index (χ1v) is 5.68. The molecule has 2 nitrogen and oxygen atoms in total. The Kier molecular flexibility index (Phi) is 5.20. The molecule has 1 unspecified atom stereocenters. The van der Waals surface area contributed by atoms with Crippen molar-refractivity contribution in [3.05, 3.63) is 11.6 Å². The molecule has 0 radical (unpaired) electrons. The third kappa shape index (κ3) is 4.25. The third-order valence-corrected chi connectivity index (χ3v) is 2.74. The lowest BCUT2D eigenvalue weighted by molar-refractivity contribution is 0.190. The second-order valence-electron chi connectivity index (χ2n) is 4.41. The molecule has 1 rings (SSSR count). The van der Waals surface area contributed by atoms with Crippen LogP contribution >= 0.6 is 0 Å². The highest BCUT2D eigenvalue weighted by Crippen LogP contribution is 2.20. The first-order chi connectivity index (χ1) is 6.70. The lowest BCUT2D eigenvalue weighted by atomic mass is 9.99. The second kappa shape index (κ2) is 6.20. The predicted octanol–water partition coefficient (Wildman–Crippen LogP) is 2.36. The second-order valence-corrected chi connectivity index (χ2v) is 4.41. The summed E-state index contributed by atoms with van der Waals surface area (Å²) in [6.07, 6.45) is 4.70. The summed E-state index contributed by atoms with van der Waals surface area (Å²) in [6, 6.07) is 0.596. The Hall–Kier alpha value is -0.340. The van der Waals surface area contributed by atoms with Gasteiger partial charge in [-0.05, 0) is 26.3 Å². The Morgan fingerprint density at radius 3 is 2.93 bits per heavy atom. The first kappa shape index (κ1) is 11.7. The molecule has 0 spiro atoms. The van der Waals surface area contributed by atoms with Gasteiger partial charge in [-0.1, -0.05) is 25.5 Å². The van der Waals surface area contributed by atoms with E-state index in [2.05, 4.69) is 32.2 Å². The van der Waals surface area contributed by atoms with Gasteiger partial charge in [0.1, 0.15) is 0 Å². The van der Waals surface area contributed by atoms with Crippen LogP contribution < -0.4 is 5.32 Å². The van der Waals surface area contributed by atoms with E-state index in [9.17, 15) is 0 Å². The van der Waals surface area contributed by atoms with Gasteiger partial charge in [0.15, 0.2) is 0 Å². The van der Waals surface area contributed by atoms with E-state index in [1.807, 2.05) is 0 Å². The Bertz CT molecular complexity index is 181. The molecule has 1 aliphatic rings. The van der Waals surface area contributed by atoms with Crippen molar-refractivity contribution >= 4 is 0 Å². The monoisotopic (exact) mass is 197 g/mol. The van der Waals surface area contributed by atoms with Gasteiger partial charge in [0.2, 0.25) is 0 Å². The van der Waals surface area contributed by atoms with Crippen molar-refractivity contribution in [3.63, 3.8) is 0 Å². The van der Waals surface area contributed by atoms with Gasteiger partial charge in [-0.25, -0.2) is 0 Å². The number of ether oxygens (including phenoxy) is 1. The van der Waals surface area contributed by atoms with E-state index >= 15 is 0 Å². The van der Waals surface area contributed by atoms with Crippen molar-refractivity contribution in [2.45, 2.75) is 39.7 Å². The fraction of sp³-hybridized carbons (Fsp3) is 0.833. The average Bonchev–Trinajstić information content (AvgIpc) is 2.64. The zero-order valence-corrected chi connectivity index (χ0v) is 9.68. The molecule has 0 aromatic rings. The van der Waals surface area contributed by atoms with E-state index in [4.69, 9.17) is 4.74 Å². The Morgan fingerprint density at radius 2 is 2.36 bits per heavy atom. The molecule has 0 aromatic heterocycles. The topological polar surface area (TPSA) is 21.3 Å². The van der Waals surface area contributed by atoms with Gasteiger partial charge in [-0.3, -0.25) is 0 Å². The van der Waals surface area contributed by atoms with Crippen LogP contribution in [0.4, 0.5) is 0 Å². The van der Waals surface area contributed by atoms with Crippen LogP contribution in [0.25, 0.3) is 0 Å². The van der Waals surface area contributed by atoms with Crippen LogP contribution in [0.5, 0.6) is 0 Å². The Labute approximate surface area is 87.7 Å². The number of hydrogen-bond acceptors (Lipinski definition) is 2. The molecule has 1 N–H and O–H groups in total. The maximum atomic E-state index is 5.37. The minimum Gasteiger partial charge on any atom is -0.381 e. The SMILES string of the molecule is CC(=CCCNC(C)C)C1CCOC1. The lowest BCUT2D eigenvalue weighted by Gasteiger charge is -2.09. The van der Waals surface area contributed by atoms with Crippen LogP contribution in [0, 0.1) is 5.92 Å². The third-order valence-electron chi connectivity index (χ3n) is 2.74. The first-order valence-electron chi connectivity index (χ1n) is 5.68. The van der Waals surface area contributed by atoms with Gasteiger partial charge >= 0.3 is 0 Å². The van der Waals surface area contributed by atoms with Crippen molar-refractivity contribution in [1.29, 1.82) is 0 Å². The summed E-state index contributed by atoms with van der Waals surface area (Å²) in [6.45, 7) is 9.56. The fourth-order valence-corrected chi connectivity index (χ4v) is 1.73. The smallest absolute Gasteiger partial charge is 0.0532 e. The van der Waals surface area contributed by atoms with Crippen LogP contribution in [0.15, 0.2) is 11.6 Å². The van der Waals surface area contributed by atoms with Crippen molar-refractivity contribution in [1.82, 2.24) is 5.32 Å². The zero-order chi connectivity index (χ0) is 10.4. The summed E-state index contributed by atoms with van der Waals surface area (Å²) in [5.74, 6) is 0.689. The molecule has 0 aromatic carbocycles. The van der Waals surface area contributed by atoms with Gasteiger partial charge in [-0.15, -0.1) is 0 Å². The highest BCUT2D eigenvalue weighted by molar-refractivity contribution is 5.04. The molecule has 1 atom stereocenters. The number of rotatable bonds is 5.